The minimum atomic E-state index is -2.52. The second-order valence-corrected chi connectivity index (χ2v) is 14.1. The van der Waals surface area contributed by atoms with E-state index in [1.807, 2.05) is 0 Å². The molecule has 0 radical (unpaired) electrons. The maximum atomic E-state index is 5.90. The predicted octanol–water partition coefficient (Wildman–Crippen LogP) is 4.10. The van der Waals surface area contributed by atoms with E-state index in [2.05, 4.69) is 23.7 Å². The summed E-state index contributed by atoms with van der Waals surface area (Å²) in [5.41, 5.74) is 0. The summed E-state index contributed by atoms with van der Waals surface area (Å²) in [5.74, 6) is 0. The van der Waals surface area contributed by atoms with Crippen LogP contribution in [-0.2, 0) is 6.15 Å². The summed E-state index contributed by atoms with van der Waals surface area (Å²) < 4.78 is 11.8. The Morgan fingerprint density at radius 2 is 1.13 bits per heavy atom. The molecule has 0 aliphatic heterocycles. The number of hydrogen-bond acceptors (Lipinski definition) is 2. The van der Waals surface area contributed by atoms with Crippen LogP contribution in [0.3, 0.4) is 0 Å². The molecular weight excluding hydrogens is 295 g/mol. The molecule has 0 unspecified atom stereocenters. The second kappa shape index (κ2) is 9.91. The molecule has 2 nitrogen and oxygen atoms in total. The van der Waals surface area contributed by atoms with Gasteiger partial charge in [-0.2, -0.15) is 0 Å². The number of hydrogen-bond donors (Lipinski definition) is 0. The van der Waals surface area contributed by atoms with Crippen molar-refractivity contribution in [2.24, 2.45) is 0 Å². The Bertz CT molecular complexity index is 124. The zero-order valence-corrected chi connectivity index (χ0v) is 13.8. The zero-order valence-electron chi connectivity index (χ0n) is 11.0. The number of rotatable bonds is 10. The van der Waals surface area contributed by atoms with Crippen LogP contribution in [-0.4, -0.2) is 32.4 Å². The third-order valence-electron chi connectivity index (χ3n) is 2.40. The van der Waals surface area contributed by atoms with Gasteiger partial charge in [-0.05, 0) is 0 Å². The van der Waals surface area contributed by atoms with E-state index < -0.39 is 19.2 Å². The average molecular weight is 323 g/mol. The van der Waals surface area contributed by atoms with Crippen molar-refractivity contribution in [1.82, 2.24) is 0 Å². The first-order valence-corrected chi connectivity index (χ1v) is 14.4. The van der Waals surface area contributed by atoms with E-state index in [9.17, 15) is 0 Å². The average Bonchev–Trinajstić information content (AvgIpc) is 2.20. The standard InChI is InChI=1S/2C5H11O.2CH3.Sn/c2*1-2-3-4-5-6;;;/h2*2-5H2,1H3;2*1H3;/q2*-1;;;+2. The van der Waals surface area contributed by atoms with Crippen molar-refractivity contribution in [3.8, 4) is 0 Å². The van der Waals surface area contributed by atoms with Gasteiger partial charge in [0, 0.05) is 0 Å². The fraction of sp³-hybridized carbons (Fsp3) is 1.00. The zero-order chi connectivity index (χ0) is 11.6. The molecule has 15 heavy (non-hydrogen) atoms. The van der Waals surface area contributed by atoms with Gasteiger partial charge in [-0.1, -0.05) is 0 Å². The number of unbranched alkanes of at least 4 members (excludes halogenated alkanes) is 4. The van der Waals surface area contributed by atoms with E-state index in [0.29, 0.717) is 0 Å². The van der Waals surface area contributed by atoms with Gasteiger partial charge in [0.1, 0.15) is 0 Å². The van der Waals surface area contributed by atoms with Gasteiger partial charge in [0.15, 0.2) is 0 Å². The maximum absolute atomic E-state index is 5.90. The Hall–Kier alpha value is 0.719. The summed E-state index contributed by atoms with van der Waals surface area (Å²) in [7, 11) is 0. The van der Waals surface area contributed by atoms with Crippen molar-refractivity contribution in [2.75, 3.05) is 13.2 Å². The third-order valence-corrected chi connectivity index (χ3v) is 7.53. The quantitative estimate of drug-likeness (QED) is 0.445. The Morgan fingerprint density at radius 3 is 1.47 bits per heavy atom. The van der Waals surface area contributed by atoms with E-state index in [1.165, 1.54) is 38.5 Å². The van der Waals surface area contributed by atoms with Crippen LogP contribution in [0.15, 0.2) is 0 Å². The molecule has 0 aromatic heterocycles. The molecule has 0 spiro atoms. The molecular formula is C12H28O2Sn. The van der Waals surface area contributed by atoms with Crippen LogP contribution in [0.2, 0.25) is 9.88 Å². The van der Waals surface area contributed by atoms with Crippen LogP contribution in [0.1, 0.15) is 52.4 Å². The SMILES string of the molecule is CCCCC[O][Sn]([CH3])([CH3])[O]CCCCC. The van der Waals surface area contributed by atoms with Crippen LogP contribution in [0.25, 0.3) is 0 Å². The van der Waals surface area contributed by atoms with Gasteiger partial charge >= 0.3 is 101 Å². The van der Waals surface area contributed by atoms with Gasteiger partial charge in [0.05, 0.1) is 0 Å². The van der Waals surface area contributed by atoms with Crippen molar-refractivity contribution in [2.45, 2.75) is 62.3 Å². The molecule has 0 bridgehead atoms. The molecule has 0 fully saturated rings. The Kier molecular flexibility index (Phi) is 10.4. The van der Waals surface area contributed by atoms with Gasteiger partial charge in [-0.3, -0.25) is 0 Å². The molecule has 0 aromatic carbocycles. The Balaban J connectivity index is 3.40. The van der Waals surface area contributed by atoms with Crippen LogP contribution in [0.5, 0.6) is 0 Å². The Labute approximate surface area is 101 Å². The van der Waals surface area contributed by atoms with Crippen LogP contribution in [0.4, 0.5) is 0 Å². The summed E-state index contributed by atoms with van der Waals surface area (Å²) in [6.45, 7) is 6.25. The molecule has 0 aromatic rings. The first kappa shape index (κ1) is 15.7. The molecule has 0 saturated carbocycles. The molecule has 0 heterocycles. The molecule has 92 valence electrons. The molecule has 0 rings (SSSR count). The van der Waals surface area contributed by atoms with Crippen LogP contribution < -0.4 is 0 Å². The summed E-state index contributed by atoms with van der Waals surface area (Å²) in [6, 6.07) is 0. The van der Waals surface area contributed by atoms with Crippen molar-refractivity contribution < 1.29 is 6.15 Å². The molecule has 0 N–H and O–H groups in total. The fourth-order valence-electron chi connectivity index (χ4n) is 1.38. The van der Waals surface area contributed by atoms with Crippen molar-refractivity contribution >= 4 is 19.2 Å². The van der Waals surface area contributed by atoms with Crippen LogP contribution in [0, 0.1) is 0 Å². The topological polar surface area (TPSA) is 18.5 Å². The van der Waals surface area contributed by atoms with Gasteiger partial charge in [-0.15, -0.1) is 0 Å². The summed E-state index contributed by atoms with van der Waals surface area (Å²) in [4.78, 5) is 4.43. The third kappa shape index (κ3) is 11.0. The van der Waals surface area contributed by atoms with Gasteiger partial charge < -0.3 is 0 Å². The molecule has 0 saturated heterocycles. The normalized spacial score (nSPS) is 12.0. The molecule has 0 aliphatic rings. The second-order valence-electron chi connectivity index (χ2n) is 4.51. The van der Waals surface area contributed by atoms with Gasteiger partial charge in [0.2, 0.25) is 0 Å². The van der Waals surface area contributed by atoms with Crippen LogP contribution >= 0.6 is 0 Å². The predicted molar refractivity (Wildman–Crippen MR) is 68.4 cm³/mol. The van der Waals surface area contributed by atoms with Crippen molar-refractivity contribution in [3.63, 3.8) is 0 Å². The van der Waals surface area contributed by atoms with Crippen molar-refractivity contribution in [1.29, 1.82) is 0 Å². The van der Waals surface area contributed by atoms with E-state index in [4.69, 9.17) is 6.15 Å². The van der Waals surface area contributed by atoms with Gasteiger partial charge in [0.25, 0.3) is 0 Å². The van der Waals surface area contributed by atoms with Crippen molar-refractivity contribution in [3.05, 3.63) is 0 Å². The molecule has 3 heteroatoms. The minimum absolute atomic E-state index is 0.907. The van der Waals surface area contributed by atoms with E-state index >= 15 is 0 Å². The molecule has 0 amide bonds. The van der Waals surface area contributed by atoms with E-state index in [0.717, 1.165) is 13.2 Å². The summed E-state index contributed by atoms with van der Waals surface area (Å²) in [6.07, 6.45) is 7.45. The van der Waals surface area contributed by atoms with Gasteiger partial charge in [-0.25, -0.2) is 0 Å². The first-order valence-electron chi connectivity index (χ1n) is 6.40. The Morgan fingerprint density at radius 1 is 0.733 bits per heavy atom. The monoisotopic (exact) mass is 324 g/mol. The van der Waals surface area contributed by atoms with E-state index in [1.54, 1.807) is 0 Å². The summed E-state index contributed by atoms with van der Waals surface area (Å²) in [5, 5.41) is 0. The fourth-order valence-corrected chi connectivity index (χ4v) is 5.25. The van der Waals surface area contributed by atoms with E-state index in [-0.39, 0.29) is 0 Å². The molecule has 0 atom stereocenters. The first-order chi connectivity index (χ1) is 7.12. The molecule has 0 aliphatic carbocycles. The summed E-state index contributed by atoms with van der Waals surface area (Å²) >= 11 is -2.52.